The molecule has 1 nitrogen and oxygen atoms in total. The number of benzene rings is 1. The van der Waals surface area contributed by atoms with Gasteiger partial charge in [-0.1, -0.05) is 62.4 Å². The topological polar surface area (TPSA) is 12.0 Å². The number of hydrogen-bond donors (Lipinski definition) is 1. The van der Waals surface area contributed by atoms with E-state index in [-0.39, 0.29) is 0 Å². The Hall–Kier alpha value is -0.820. The fraction of sp³-hybridized carbons (Fsp3) is 0.625. The summed E-state index contributed by atoms with van der Waals surface area (Å²) < 4.78 is 0. The van der Waals surface area contributed by atoms with E-state index in [2.05, 4.69) is 43.4 Å². The summed E-state index contributed by atoms with van der Waals surface area (Å²) in [6.45, 7) is 6.78. The zero-order valence-corrected chi connectivity index (χ0v) is 11.3. The smallest absolute Gasteiger partial charge is 0.0202 e. The highest BCUT2D eigenvalue weighted by Gasteiger charge is 2.37. The van der Waals surface area contributed by atoms with E-state index in [0.717, 1.165) is 0 Å². The van der Waals surface area contributed by atoms with Gasteiger partial charge in [0, 0.05) is 18.5 Å². The lowest BCUT2D eigenvalue weighted by Crippen LogP contribution is -2.56. The molecule has 0 amide bonds. The first kappa shape index (κ1) is 12.6. The van der Waals surface area contributed by atoms with Crippen molar-refractivity contribution in [3.63, 3.8) is 0 Å². The largest absolute Gasteiger partial charge is 0.315 e. The predicted molar refractivity (Wildman–Crippen MR) is 74.5 cm³/mol. The minimum absolute atomic E-state index is 0.446. The highest BCUT2D eigenvalue weighted by atomic mass is 15.0. The molecule has 17 heavy (non-hydrogen) atoms. The van der Waals surface area contributed by atoms with Gasteiger partial charge in [0.1, 0.15) is 0 Å². The van der Waals surface area contributed by atoms with Crippen LogP contribution in [-0.4, -0.2) is 13.1 Å². The van der Waals surface area contributed by atoms with Gasteiger partial charge >= 0.3 is 0 Å². The van der Waals surface area contributed by atoms with Gasteiger partial charge in [-0.25, -0.2) is 0 Å². The first-order chi connectivity index (χ1) is 8.27. The van der Waals surface area contributed by atoms with Crippen LogP contribution in [0, 0.1) is 6.92 Å². The van der Waals surface area contributed by atoms with Gasteiger partial charge in [-0.05, 0) is 18.9 Å². The molecular formula is C16H25N. The first-order valence-corrected chi connectivity index (χ1v) is 7.05. The standard InChI is InChI=1S/C16H25N/c1-3-4-5-6-11-16(12-17-13-16)15-9-7-14(2)8-10-15/h7-10,17H,3-6,11-13H2,1-2H3. The molecule has 1 aliphatic heterocycles. The third-order valence-corrected chi connectivity index (χ3v) is 4.10. The van der Waals surface area contributed by atoms with Crippen LogP contribution in [0.4, 0.5) is 0 Å². The summed E-state index contributed by atoms with van der Waals surface area (Å²) in [7, 11) is 0. The molecule has 1 aromatic rings. The molecule has 0 spiro atoms. The average molecular weight is 231 g/mol. The normalized spacial score (nSPS) is 17.8. The van der Waals surface area contributed by atoms with E-state index in [1.54, 1.807) is 5.56 Å². The highest BCUT2D eigenvalue weighted by molar-refractivity contribution is 5.32. The Bertz CT molecular complexity index is 335. The van der Waals surface area contributed by atoms with Gasteiger partial charge in [-0.2, -0.15) is 0 Å². The van der Waals surface area contributed by atoms with Crippen molar-refractivity contribution >= 4 is 0 Å². The van der Waals surface area contributed by atoms with Crippen LogP contribution in [0.2, 0.25) is 0 Å². The molecule has 0 saturated carbocycles. The van der Waals surface area contributed by atoms with Gasteiger partial charge in [0.2, 0.25) is 0 Å². The molecule has 0 radical (unpaired) electrons. The van der Waals surface area contributed by atoms with Gasteiger partial charge in [0.15, 0.2) is 0 Å². The lowest BCUT2D eigenvalue weighted by molar-refractivity contribution is 0.249. The SMILES string of the molecule is CCCCCCC1(c2ccc(C)cc2)CNC1. The van der Waals surface area contributed by atoms with E-state index < -0.39 is 0 Å². The zero-order valence-electron chi connectivity index (χ0n) is 11.3. The van der Waals surface area contributed by atoms with Gasteiger partial charge in [0.25, 0.3) is 0 Å². The van der Waals surface area contributed by atoms with E-state index in [1.165, 1.54) is 50.8 Å². The van der Waals surface area contributed by atoms with Crippen LogP contribution in [0.15, 0.2) is 24.3 Å². The molecule has 1 heterocycles. The van der Waals surface area contributed by atoms with Crippen molar-refractivity contribution in [2.75, 3.05) is 13.1 Å². The Morgan fingerprint density at radius 3 is 2.29 bits per heavy atom. The molecule has 0 atom stereocenters. The minimum Gasteiger partial charge on any atom is -0.315 e. The molecule has 0 bridgehead atoms. The van der Waals surface area contributed by atoms with Gasteiger partial charge in [-0.3, -0.25) is 0 Å². The van der Waals surface area contributed by atoms with E-state index >= 15 is 0 Å². The molecule has 1 aliphatic rings. The van der Waals surface area contributed by atoms with E-state index in [9.17, 15) is 0 Å². The fourth-order valence-corrected chi connectivity index (χ4v) is 2.75. The second kappa shape index (κ2) is 5.68. The summed E-state index contributed by atoms with van der Waals surface area (Å²) in [6.07, 6.45) is 6.84. The Kier molecular flexibility index (Phi) is 4.22. The van der Waals surface area contributed by atoms with Crippen molar-refractivity contribution in [3.8, 4) is 0 Å². The van der Waals surface area contributed by atoms with Crippen LogP contribution in [0.1, 0.15) is 50.2 Å². The molecule has 1 aromatic carbocycles. The molecule has 94 valence electrons. The van der Waals surface area contributed by atoms with Crippen molar-refractivity contribution in [1.29, 1.82) is 0 Å². The van der Waals surface area contributed by atoms with Crippen molar-refractivity contribution in [2.45, 2.75) is 51.4 Å². The maximum Gasteiger partial charge on any atom is 0.0202 e. The predicted octanol–water partition coefficient (Wildman–Crippen LogP) is 3.81. The van der Waals surface area contributed by atoms with E-state index in [0.29, 0.717) is 5.41 Å². The van der Waals surface area contributed by atoms with Crippen molar-refractivity contribution in [2.24, 2.45) is 0 Å². The third kappa shape index (κ3) is 2.90. The van der Waals surface area contributed by atoms with Crippen LogP contribution in [-0.2, 0) is 5.41 Å². The van der Waals surface area contributed by atoms with Crippen LogP contribution in [0.3, 0.4) is 0 Å². The lowest BCUT2D eigenvalue weighted by atomic mass is 9.71. The number of hydrogen-bond acceptors (Lipinski definition) is 1. The van der Waals surface area contributed by atoms with Crippen molar-refractivity contribution in [3.05, 3.63) is 35.4 Å². The van der Waals surface area contributed by atoms with Gasteiger partial charge < -0.3 is 5.32 Å². The summed E-state index contributed by atoms with van der Waals surface area (Å²) in [5, 5.41) is 3.46. The summed E-state index contributed by atoms with van der Waals surface area (Å²) in [6, 6.07) is 9.16. The highest BCUT2D eigenvalue weighted by Crippen LogP contribution is 2.34. The molecular weight excluding hydrogens is 206 g/mol. The quantitative estimate of drug-likeness (QED) is 0.734. The Labute approximate surface area is 106 Å². The fourth-order valence-electron chi connectivity index (χ4n) is 2.75. The molecule has 1 fully saturated rings. The Balaban J connectivity index is 1.96. The first-order valence-electron chi connectivity index (χ1n) is 7.05. The second-order valence-electron chi connectivity index (χ2n) is 5.56. The van der Waals surface area contributed by atoms with Crippen LogP contribution < -0.4 is 5.32 Å². The summed E-state index contributed by atoms with van der Waals surface area (Å²) in [4.78, 5) is 0. The molecule has 0 aromatic heterocycles. The number of nitrogens with one attached hydrogen (secondary N) is 1. The van der Waals surface area contributed by atoms with Gasteiger partial charge in [-0.15, -0.1) is 0 Å². The molecule has 1 heteroatoms. The number of aryl methyl sites for hydroxylation is 1. The number of unbranched alkanes of at least 4 members (excludes halogenated alkanes) is 3. The second-order valence-corrected chi connectivity index (χ2v) is 5.56. The van der Waals surface area contributed by atoms with E-state index in [4.69, 9.17) is 0 Å². The zero-order chi connectivity index (χ0) is 12.1. The molecule has 0 unspecified atom stereocenters. The van der Waals surface area contributed by atoms with Gasteiger partial charge in [0.05, 0.1) is 0 Å². The van der Waals surface area contributed by atoms with Crippen LogP contribution >= 0.6 is 0 Å². The minimum atomic E-state index is 0.446. The van der Waals surface area contributed by atoms with Crippen molar-refractivity contribution in [1.82, 2.24) is 5.32 Å². The van der Waals surface area contributed by atoms with Crippen LogP contribution in [0.5, 0.6) is 0 Å². The Morgan fingerprint density at radius 1 is 1.06 bits per heavy atom. The summed E-state index contributed by atoms with van der Waals surface area (Å²) in [5.41, 5.74) is 3.35. The molecule has 2 rings (SSSR count). The summed E-state index contributed by atoms with van der Waals surface area (Å²) >= 11 is 0. The molecule has 0 aliphatic carbocycles. The monoisotopic (exact) mass is 231 g/mol. The Morgan fingerprint density at radius 2 is 1.76 bits per heavy atom. The van der Waals surface area contributed by atoms with Crippen LogP contribution in [0.25, 0.3) is 0 Å². The third-order valence-electron chi connectivity index (χ3n) is 4.10. The summed E-state index contributed by atoms with van der Waals surface area (Å²) in [5.74, 6) is 0. The average Bonchev–Trinajstić information content (AvgIpc) is 2.29. The lowest BCUT2D eigenvalue weighted by Gasteiger charge is -2.43. The number of rotatable bonds is 6. The van der Waals surface area contributed by atoms with Crippen molar-refractivity contribution < 1.29 is 0 Å². The molecule has 1 saturated heterocycles. The maximum atomic E-state index is 3.46. The molecule has 1 N–H and O–H groups in total. The maximum absolute atomic E-state index is 3.46. The van der Waals surface area contributed by atoms with E-state index in [1.807, 2.05) is 0 Å².